The zero-order valence-corrected chi connectivity index (χ0v) is 20.5. The van der Waals surface area contributed by atoms with Gasteiger partial charge in [-0.15, -0.1) is 11.8 Å². The molecule has 1 amide bonds. The van der Waals surface area contributed by atoms with E-state index in [9.17, 15) is 4.79 Å². The maximum Gasteiger partial charge on any atom is 0.260 e. The zero-order chi connectivity index (χ0) is 21.8. The summed E-state index contributed by atoms with van der Waals surface area (Å²) in [5.41, 5.74) is 2.63. The number of anilines is 1. The first kappa shape index (κ1) is 23.1. The van der Waals surface area contributed by atoms with Crippen LogP contribution in [0.4, 0.5) is 5.13 Å². The summed E-state index contributed by atoms with van der Waals surface area (Å²) in [6, 6.07) is 11.7. The van der Waals surface area contributed by atoms with E-state index < -0.39 is 0 Å². The average Bonchev–Trinajstić information content (AvgIpc) is 3.08. The minimum absolute atomic E-state index is 0.0113. The third kappa shape index (κ3) is 5.76. The van der Waals surface area contributed by atoms with Crippen LogP contribution < -0.4 is 4.90 Å². The number of thioether (sulfide) groups is 1. The standard InChI is InChI=1S/C23H28ClN3OS2/c1-15(2)29-19-9-6-8-17(13-19)22(28)27(11-7-10-26(4)5)23-25-21-16(3)12-18(24)14-20(21)30-23/h6,8-9,12-15H,7,10-11H2,1-5H3. The van der Waals surface area contributed by atoms with Crippen LogP contribution in [-0.4, -0.2) is 48.2 Å². The Bertz CT molecular complexity index is 1030. The summed E-state index contributed by atoms with van der Waals surface area (Å²) in [4.78, 5) is 23.4. The second-order valence-electron chi connectivity index (χ2n) is 7.87. The fraction of sp³-hybridized carbons (Fsp3) is 0.391. The van der Waals surface area contributed by atoms with Crippen molar-refractivity contribution in [2.24, 2.45) is 0 Å². The highest BCUT2D eigenvalue weighted by Crippen LogP contribution is 2.34. The molecule has 3 rings (SSSR count). The van der Waals surface area contributed by atoms with Crippen molar-refractivity contribution >= 4 is 56.0 Å². The summed E-state index contributed by atoms with van der Waals surface area (Å²) in [6.07, 6.45) is 0.870. The minimum atomic E-state index is -0.0113. The van der Waals surface area contributed by atoms with Gasteiger partial charge in [0.05, 0.1) is 10.2 Å². The number of fused-ring (bicyclic) bond motifs is 1. The van der Waals surface area contributed by atoms with E-state index in [2.05, 4.69) is 24.8 Å². The first-order valence-corrected chi connectivity index (χ1v) is 12.1. The monoisotopic (exact) mass is 461 g/mol. The van der Waals surface area contributed by atoms with Crippen molar-refractivity contribution in [1.82, 2.24) is 9.88 Å². The Kier molecular flexibility index (Phi) is 7.80. The van der Waals surface area contributed by atoms with Crippen LogP contribution >= 0.6 is 34.7 Å². The van der Waals surface area contributed by atoms with Crippen molar-refractivity contribution in [1.29, 1.82) is 0 Å². The predicted octanol–water partition coefficient (Wildman–Crippen LogP) is 6.36. The Labute approximate surface area is 192 Å². The summed E-state index contributed by atoms with van der Waals surface area (Å²) >= 11 is 9.52. The van der Waals surface area contributed by atoms with E-state index in [0.717, 1.165) is 38.8 Å². The third-order valence-electron chi connectivity index (χ3n) is 4.55. The minimum Gasteiger partial charge on any atom is -0.309 e. The molecule has 0 atom stereocenters. The summed E-state index contributed by atoms with van der Waals surface area (Å²) in [7, 11) is 4.09. The number of carbonyl (C=O) groups excluding carboxylic acids is 1. The number of aromatic nitrogens is 1. The number of benzene rings is 2. The van der Waals surface area contributed by atoms with Crippen LogP contribution in [0.15, 0.2) is 41.3 Å². The molecule has 160 valence electrons. The van der Waals surface area contributed by atoms with Gasteiger partial charge in [0.15, 0.2) is 5.13 Å². The number of thiazole rings is 1. The molecule has 7 heteroatoms. The van der Waals surface area contributed by atoms with Crippen LogP contribution in [-0.2, 0) is 0 Å². The summed E-state index contributed by atoms with van der Waals surface area (Å²) < 4.78 is 1.00. The van der Waals surface area contributed by atoms with Crippen molar-refractivity contribution in [3.8, 4) is 0 Å². The molecule has 4 nitrogen and oxygen atoms in total. The van der Waals surface area contributed by atoms with Crippen molar-refractivity contribution < 1.29 is 4.79 Å². The van der Waals surface area contributed by atoms with Gasteiger partial charge >= 0.3 is 0 Å². The van der Waals surface area contributed by atoms with E-state index in [-0.39, 0.29) is 5.91 Å². The van der Waals surface area contributed by atoms with Gasteiger partial charge in [0.1, 0.15) is 0 Å². The molecule has 0 spiro atoms. The maximum absolute atomic E-state index is 13.5. The lowest BCUT2D eigenvalue weighted by molar-refractivity contribution is 0.0986. The van der Waals surface area contributed by atoms with Gasteiger partial charge in [-0.25, -0.2) is 4.98 Å². The van der Waals surface area contributed by atoms with Crippen LogP contribution in [0.1, 0.15) is 36.2 Å². The maximum atomic E-state index is 13.5. The highest BCUT2D eigenvalue weighted by atomic mass is 35.5. The van der Waals surface area contributed by atoms with Crippen molar-refractivity contribution in [3.05, 3.63) is 52.5 Å². The predicted molar refractivity (Wildman–Crippen MR) is 132 cm³/mol. The number of halogens is 1. The van der Waals surface area contributed by atoms with E-state index in [0.29, 0.717) is 22.4 Å². The van der Waals surface area contributed by atoms with Gasteiger partial charge < -0.3 is 4.90 Å². The Morgan fingerprint density at radius 1 is 1.20 bits per heavy atom. The van der Waals surface area contributed by atoms with Gasteiger partial charge in [-0.05, 0) is 69.9 Å². The highest BCUT2D eigenvalue weighted by Gasteiger charge is 2.22. The largest absolute Gasteiger partial charge is 0.309 e. The smallest absolute Gasteiger partial charge is 0.260 e. The molecule has 0 radical (unpaired) electrons. The van der Waals surface area contributed by atoms with Crippen LogP contribution in [0.25, 0.3) is 10.2 Å². The van der Waals surface area contributed by atoms with Crippen LogP contribution in [0.2, 0.25) is 5.02 Å². The fourth-order valence-electron chi connectivity index (χ4n) is 3.22. The van der Waals surface area contributed by atoms with Gasteiger partial charge in [-0.3, -0.25) is 9.69 Å². The number of rotatable bonds is 8. The Hall–Kier alpha value is -1.60. The second-order valence-corrected chi connectivity index (χ2v) is 11.0. The van der Waals surface area contributed by atoms with Gasteiger partial charge in [0, 0.05) is 27.3 Å². The number of amides is 1. The lowest BCUT2D eigenvalue weighted by Crippen LogP contribution is -2.33. The van der Waals surface area contributed by atoms with Crippen molar-refractivity contribution in [2.75, 3.05) is 32.1 Å². The second kappa shape index (κ2) is 10.1. The van der Waals surface area contributed by atoms with Crippen LogP contribution in [0.3, 0.4) is 0 Å². The van der Waals surface area contributed by atoms with E-state index in [1.165, 1.54) is 11.3 Å². The number of hydrogen-bond donors (Lipinski definition) is 0. The molecule has 0 fully saturated rings. The van der Waals surface area contributed by atoms with Gasteiger partial charge in [-0.1, -0.05) is 42.9 Å². The van der Waals surface area contributed by atoms with Gasteiger partial charge in [-0.2, -0.15) is 0 Å². The van der Waals surface area contributed by atoms with Gasteiger partial charge in [0.25, 0.3) is 5.91 Å². The average molecular weight is 462 g/mol. The lowest BCUT2D eigenvalue weighted by atomic mass is 10.2. The third-order valence-corrected chi connectivity index (χ3v) is 6.80. The van der Waals surface area contributed by atoms with E-state index in [1.54, 1.807) is 11.8 Å². The number of nitrogens with zero attached hydrogens (tertiary/aromatic N) is 3. The first-order chi connectivity index (χ1) is 14.2. The quantitative estimate of drug-likeness (QED) is 0.366. The lowest BCUT2D eigenvalue weighted by Gasteiger charge is -2.21. The molecule has 30 heavy (non-hydrogen) atoms. The van der Waals surface area contributed by atoms with E-state index in [4.69, 9.17) is 16.6 Å². The molecule has 0 saturated carbocycles. The molecule has 1 heterocycles. The number of hydrogen-bond acceptors (Lipinski definition) is 5. The molecule has 0 unspecified atom stereocenters. The molecule has 3 aromatic rings. The fourth-order valence-corrected chi connectivity index (χ4v) is 5.56. The Balaban J connectivity index is 1.96. The summed E-state index contributed by atoms with van der Waals surface area (Å²) in [6.45, 7) is 7.83. The molecule has 0 saturated heterocycles. The Morgan fingerprint density at radius 3 is 2.67 bits per heavy atom. The van der Waals surface area contributed by atoms with Crippen molar-refractivity contribution in [2.45, 2.75) is 37.3 Å². The number of aryl methyl sites for hydroxylation is 1. The SMILES string of the molecule is Cc1cc(Cl)cc2sc(N(CCCN(C)C)C(=O)c3cccc(SC(C)C)c3)nc12. The first-order valence-electron chi connectivity index (χ1n) is 10.0. The molecule has 0 aliphatic heterocycles. The molecule has 0 aliphatic rings. The molecular formula is C23H28ClN3OS2. The van der Waals surface area contributed by atoms with Crippen molar-refractivity contribution in [3.63, 3.8) is 0 Å². The molecular weight excluding hydrogens is 434 g/mol. The van der Waals surface area contributed by atoms with E-state index >= 15 is 0 Å². The molecule has 2 aromatic carbocycles. The molecule has 1 aromatic heterocycles. The molecule has 0 N–H and O–H groups in total. The Morgan fingerprint density at radius 2 is 1.97 bits per heavy atom. The van der Waals surface area contributed by atoms with E-state index in [1.807, 2.05) is 56.3 Å². The topological polar surface area (TPSA) is 36.4 Å². The zero-order valence-electron chi connectivity index (χ0n) is 18.1. The van der Waals surface area contributed by atoms with Crippen LogP contribution in [0, 0.1) is 6.92 Å². The molecule has 0 bridgehead atoms. The summed E-state index contributed by atoms with van der Waals surface area (Å²) in [5.74, 6) is -0.0113. The summed E-state index contributed by atoms with van der Waals surface area (Å²) in [5, 5.41) is 1.88. The van der Waals surface area contributed by atoms with Gasteiger partial charge in [0.2, 0.25) is 0 Å². The normalized spacial score (nSPS) is 11.6. The highest BCUT2D eigenvalue weighted by molar-refractivity contribution is 7.99. The molecule has 0 aliphatic carbocycles. The number of carbonyl (C=O) groups is 1. The van der Waals surface area contributed by atoms with Crippen LogP contribution in [0.5, 0.6) is 0 Å².